The third-order valence-corrected chi connectivity index (χ3v) is 4.79. The van der Waals surface area contributed by atoms with Crippen molar-refractivity contribution in [1.29, 1.82) is 0 Å². The molecule has 0 aromatic heterocycles. The van der Waals surface area contributed by atoms with Crippen molar-refractivity contribution in [1.82, 2.24) is 0 Å². The molecule has 0 amide bonds. The second-order valence-electron chi connectivity index (χ2n) is 5.13. The average Bonchev–Trinajstić information content (AvgIpc) is 2.58. The molecule has 2 heteroatoms. The molecule has 0 spiro atoms. The van der Waals surface area contributed by atoms with Gasteiger partial charge in [0.25, 0.3) is 0 Å². The van der Waals surface area contributed by atoms with Gasteiger partial charge in [0, 0.05) is 5.75 Å². The summed E-state index contributed by atoms with van der Waals surface area (Å²) < 4.78 is 11.6. The van der Waals surface area contributed by atoms with Gasteiger partial charge in [0.2, 0.25) is 0 Å². The van der Waals surface area contributed by atoms with E-state index in [1.54, 1.807) is 0 Å². The number of rotatable bonds is 3. The molecule has 2 bridgehead atoms. The summed E-state index contributed by atoms with van der Waals surface area (Å²) in [5.41, 5.74) is 0. The van der Waals surface area contributed by atoms with Crippen LogP contribution < -0.4 is 0 Å². The minimum Gasteiger partial charge on any atom is -0.285 e. The molecular weight excluding hydrogens is 180 g/mol. The Morgan fingerprint density at radius 1 is 1.31 bits per heavy atom. The van der Waals surface area contributed by atoms with E-state index in [-0.39, 0.29) is 0 Å². The van der Waals surface area contributed by atoms with Crippen molar-refractivity contribution >= 4 is 9.93 Å². The number of hydrogen-bond donors (Lipinski definition) is 1. The highest BCUT2D eigenvalue weighted by molar-refractivity contribution is 8.01. The molecule has 3 atom stereocenters. The summed E-state index contributed by atoms with van der Waals surface area (Å²) in [5, 5.41) is 0. The highest BCUT2D eigenvalue weighted by Crippen LogP contribution is 2.44. The van der Waals surface area contributed by atoms with Crippen LogP contribution in [0.25, 0.3) is 0 Å². The molecule has 0 aromatic rings. The van der Waals surface area contributed by atoms with Crippen LogP contribution in [0.2, 0.25) is 0 Å². The summed E-state index contributed by atoms with van der Waals surface area (Å²) in [6.45, 7) is 0. The monoisotopic (exact) mass is 200 g/mol. The van der Waals surface area contributed by atoms with Gasteiger partial charge >= 0.3 is 0 Å². The van der Waals surface area contributed by atoms with Crippen molar-refractivity contribution in [3.05, 3.63) is 12.2 Å². The van der Waals surface area contributed by atoms with Crippen molar-refractivity contribution in [2.45, 2.75) is 19.3 Å². The van der Waals surface area contributed by atoms with Gasteiger partial charge in [-0.05, 0) is 49.5 Å². The smallest absolute Gasteiger partial charge is 0.00105 e. The van der Waals surface area contributed by atoms with E-state index < -0.39 is 9.93 Å². The van der Waals surface area contributed by atoms with Crippen LogP contribution in [0.3, 0.4) is 0 Å². The Morgan fingerprint density at radius 2 is 2.08 bits per heavy atom. The van der Waals surface area contributed by atoms with Gasteiger partial charge in [0.15, 0.2) is 0 Å². The van der Waals surface area contributed by atoms with Crippen LogP contribution in [0.4, 0.5) is 0 Å². The predicted octanol–water partition coefficient (Wildman–Crippen LogP) is 1.86. The lowest BCUT2D eigenvalue weighted by atomic mass is 9.91. The molecule has 2 aliphatic carbocycles. The van der Waals surface area contributed by atoms with E-state index in [9.17, 15) is 4.21 Å². The first-order valence-corrected chi connectivity index (χ1v) is 8.05. The van der Waals surface area contributed by atoms with E-state index in [0.29, 0.717) is 0 Å². The Kier molecular flexibility index (Phi) is 2.35. The number of fused-ring (bicyclic) bond motifs is 2. The zero-order valence-electron chi connectivity index (χ0n) is 8.57. The summed E-state index contributed by atoms with van der Waals surface area (Å²) in [5.74, 6) is 3.50. The van der Waals surface area contributed by atoms with Crippen LogP contribution in [-0.4, -0.2) is 22.5 Å². The number of hydrogen-bond acceptors (Lipinski definition) is 1. The highest BCUT2D eigenvalue weighted by Gasteiger charge is 2.35. The average molecular weight is 200 g/mol. The summed E-state index contributed by atoms with van der Waals surface area (Å²) in [6, 6.07) is 0. The second-order valence-corrected chi connectivity index (χ2v) is 8.72. The predicted molar refractivity (Wildman–Crippen MR) is 59.7 cm³/mol. The number of allylic oxidation sites excluding steroid dienone is 2. The molecule has 0 aromatic carbocycles. The molecule has 13 heavy (non-hydrogen) atoms. The molecule has 76 valence electrons. The fourth-order valence-electron chi connectivity index (χ4n) is 2.70. The lowest BCUT2D eigenvalue weighted by Crippen LogP contribution is -2.17. The lowest BCUT2D eigenvalue weighted by molar-refractivity contribution is 0.435. The van der Waals surface area contributed by atoms with Crippen LogP contribution in [0, 0.1) is 17.8 Å². The maximum atomic E-state index is 11.6. The zero-order valence-corrected chi connectivity index (χ0v) is 9.47. The third kappa shape index (κ3) is 2.22. The van der Waals surface area contributed by atoms with Crippen molar-refractivity contribution in [3.8, 4) is 0 Å². The van der Waals surface area contributed by atoms with Crippen molar-refractivity contribution < 1.29 is 4.21 Å². The van der Waals surface area contributed by atoms with Crippen LogP contribution in [0.15, 0.2) is 12.2 Å². The third-order valence-electron chi connectivity index (χ3n) is 3.45. The van der Waals surface area contributed by atoms with Crippen molar-refractivity contribution in [3.63, 3.8) is 0 Å². The quantitative estimate of drug-likeness (QED) is 0.543. The van der Waals surface area contributed by atoms with Crippen LogP contribution in [-0.2, 0) is 9.93 Å². The molecule has 0 N–H and O–H groups in total. The Balaban J connectivity index is 1.84. The molecule has 0 radical (unpaired) electrons. The van der Waals surface area contributed by atoms with Crippen LogP contribution in [0.5, 0.6) is 0 Å². The molecule has 1 fully saturated rings. The van der Waals surface area contributed by atoms with E-state index >= 15 is 0 Å². The summed E-state index contributed by atoms with van der Waals surface area (Å²) in [7, 11) is -1.76. The summed E-state index contributed by atoms with van der Waals surface area (Å²) in [4.78, 5) is 0. The van der Waals surface area contributed by atoms with E-state index in [1.165, 1.54) is 19.3 Å². The van der Waals surface area contributed by atoms with Gasteiger partial charge < -0.3 is 0 Å². The molecule has 2 aliphatic rings. The molecule has 2 rings (SSSR count). The van der Waals surface area contributed by atoms with Gasteiger partial charge in [-0.2, -0.15) is 0 Å². The zero-order chi connectivity index (χ0) is 9.47. The lowest BCUT2D eigenvalue weighted by Gasteiger charge is -2.20. The Morgan fingerprint density at radius 3 is 2.54 bits per heavy atom. The van der Waals surface area contributed by atoms with Crippen molar-refractivity contribution in [2.24, 2.45) is 17.8 Å². The molecule has 3 unspecified atom stereocenters. The van der Waals surface area contributed by atoms with Gasteiger partial charge in [0.05, 0.1) is 0 Å². The van der Waals surface area contributed by atoms with E-state index in [2.05, 4.69) is 12.2 Å². The maximum absolute atomic E-state index is 11.6. The topological polar surface area (TPSA) is 17.1 Å². The van der Waals surface area contributed by atoms with Gasteiger partial charge in [-0.3, -0.25) is 4.21 Å². The molecule has 0 saturated heterocycles. The molecular formula is C11H20OS. The normalized spacial score (nSPS) is 38.5. The van der Waals surface area contributed by atoms with Gasteiger partial charge in [-0.15, -0.1) is 9.93 Å². The molecule has 1 saturated carbocycles. The number of thiol groups is 1. The highest BCUT2D eigenvalue weighted by atomic mass is 32.2. The van der Waals surface area contributed by atoms with Crippen LogP contribution >= 0.6 is 0 Å². The van der Waals surface area contributed by atoms with Gasteiger partial charge in [-0.25, -0.2) is 0 Å². The first kappa shape index (κ1) is 9.45. The van der Waals surface area contributed by atoms with E-state index in [0.717, 1.165) is 23.5 Å². The minimum absolute atomic E-state index is 0.830. The van der Waals surface area contributed by atoms with E-state index in [4.69, 9.17) is 0 Å². The standard InChI is InChI=1S/C11H20OS/c1-13(2,12)6-5-11-8-9-3-4-10(11)7-9/h3-4,9-11,13H,5-8H2,1-2H3. The van der Waals surface area contributed by atoms with Gasteiger partial charge in [-0.1, -0.05) is 12.2 Å². The largest absolute Gasteiger partial charge is 0.285 e. The summed E-state index contributed by atoms with van der Waals surface area (Å²) in [6.07, 6.45) is 12.5. The Hall–Kier alpha value is -0.110. The SMILES string of the molecule is C[SH](C)(=O)CCC1CC2C=CC1C2. The molecule has 1 nitrogen and oxygen atoms in total. The fourth-order valence-corrected chi connectivity index (χ4v) is 3.66. The van der Waals surface area contributed by atoms with Crippen molar-refractivity contribution in [2.75, 3.05) is 18.3 Å². The van der Waals surface area contributed by atoms with Gasteiger partial charge in [0.1, 0.15) is 0 Å². The first-order chi connectivity index (χ1) is 6.04. The maximum Gasteiger partial charge on any atom is 0.00105 e. The fraction of sp³-hybridized carbons (Fsp3) is 0.818. The minimum atomic E-state index is -1.76. The Bertz CT molecular complexity index is 263. The molecule has 0 heterocycles. The summed E-state index contributed by atoms with van der Waals surface area (Å²) >= 11 is 0. The Labute approximate surface area is 82.0 Å². The van der Waals surface area contributed by atoms with E-state index in [1.807, 2.05) is 12.5 Å². The second kappa shape index (κ2) is 3.23. The molecule has 0 aliphatic heterocycles. The first-order valence-electron chi connectivity index (χ1n) is 5.27. The van der Waals surface area contributed by atoms with Crippen LogP contribution in [0.1, 0.15) is 19.3 Å².